The number of carbonyl (C=O) groups is 1. The Morgan fingerprint density at radius 1 is 1.05 bits per heavy atom. The molecular formula is C24H15ClF3N7O3. The lowest BCUT2D eigenvalue weighted by atomic mass is 10.2. The quantitative estimate of drug-likeness (QED) is 0.343. The number of nitrogens with zero attached hydrogens (tertiary/aromatic N) is 6. The van der Waals surface area contributed by atoms with E-state index in [4.69, 9.17) is 16.3 Å². The summed E-state index contributed by atoms with van der Waals surface area (Å²) >= 11 is 5.67. The second-order valence-corrected chi connectivity index (χ2v) is 8.30. The first kappa shape index (κ1) is 24.9. The summed E-state index contributed by atoms with van der Waals surface area (Å²) in [6.07, 6.45) is -0.302. The fourth-order valence-electron chi connectivity index (χ4n) is 3.48. The lowest BCUT2D eigenvalue weighted by molar-refractivity contribution is -0.137. The second-order valence-electron chi connectivity index (χ2n) is 7.89. The SMILES string of the molecule is Cc1nnc2c(Oc3ccc(NC(=O)c4nn(-c5ccc(Cl)c(C(F)(F)F)c5)ccc4=O)cc3)nccn12. The molecule has 1 N–H and O–H groups in total. The van der Waals surface area contributed by atoms with E-state index in [1.807, 2.05) is 0 Å². The minimum absolute atomic E-state index is 0.0382. The summed E-state index contributed by atoms with van der Waals surface area (Å²) in [4.78, 5) is 29.2. The number of ether oxygens (including phenoxy) is 1. The Labute approximate surface area is 216 Å². The Morgan fingerprint density at radius 2 is 1.82 bits per heavy atom. The molecule has 1 amide bonds. The Morgan fingerprint density at radius 3 is 2.55 bits per heavy atom. The van der Waals surface area contributed by atoms with Gasteiger partial charge in [-0.25, -0.2) is 9.67 Å². The number of carbonyl (C=O) groups excluding carboxylic acids is 1. The van der Waals surface area contributed by atoms with Crippen LogP contribution in [0, 0.1) is 6.92 Å². The summed E-state index contributed by atoms with van der Waals surface area (Å²) in [5.74, 6) is 0.437. The molecule has 0 aliphatic carbocycles. The molecule has 3 aromatic heterocycles. The molecule has 14 heteroatoms. The lowest BCUT2D eigenvalue weighted by Crippen LogP contribution is -2.25. The molecule has 192 valence electrons. The Hall–Kier alpha value is -4.78. The number of benzene rings is 2. The van der Waals surface area contributed by atoms with Crippen LogP contribution < -0.4 is 15.5 Å². The molecule has 0 spiro atoms. The maximum absolute atomic E-state index is 13.2. The van der Waals surface area contributed by atoms with Gasteiger partial charge < -0.3 is 10.1 Å². The van der Waals surface area contributed by atoms with Gasteiger partial charge in [-0.2, -0.15) is 18.3 Å². The number of aromatic nitrogens is 6. The van der Waals surface area contributed by atoms with Gasteiger partial charge in [0.05, 0.1) is 16.3 Å². The van der Waals surface area contributed by atoms with Crippen LogP contribution in [0.3, 0.4) is 0 Å². The van der Waals surface area contributed by atoms with Gasteiger partial charge in [0.15, 0.2) is 5.69 Å². The highest BCUT2D eigenvalue weighted by Crippen LogP contribution is 2.35. The predicted molar refractivity (Wildman–Crippen MR) is 130 cm³/mol. The minimum Gasteiger partial charge on any atom is -0.436 e. The number of alkyl halides is 3. The highest BCUT2D eigenvalue weighted by atomic mass is 35.5. The van der Waals surface area contributed by atoms with Crippen LogP contribution in [-0.4, -0.2) is 35.3 Å². The van der Waals surface area contributed by atoms with Crippen molar-refractivity contribution < 1.29 is 22.7 Å². The average molecular weight is 542 g/mol. The Kier molecular flexibility index (Phi) is 6.28. The molecule has 38 heavy (non-hydrogen) atoms. The first-order chi connectivity index (χ1) is 18.1. The van der Waals surface area contributed by atoms with Crippen molar-refractivity contribution in [2.75, 3.05) is 5.32 Å². The largest absolute Gasteiger partial charge is 0.436 e. The van der Waals surface area contributed by atoms with Crippen molar-refractivity contribution in [1.29, 1.82) is 0 Å². The second kappa shape index (κ2) is 9.59. The van der Waals surface area contributed by atoms with Crippen LogP contribution in [0.4, 0.5) is 18.9 Å². The number of halogens is 4. The topological polar surface area (TPSA) is 116 Å². The number of hydrogen-bond donors (Lipinski definition) is 1. The van der Waals surface area contributed by atoms with Crippen molar-refractivity contribution in [2.45, 2.75) is 13.1 Å². The molecule has 3 heterocycles. The third kappa shape index (κ3) is 4.91. The Bertz CT molecular complexity index is 1730. The molecule has 2 aromatic carbocycles. The molecule has 10 nitrogen and oxygen atoms in total. The van der Waals surface area contributed by atoms with Crippen LogP contribution >= 0.6 is 11.6 Å². The summed E-state index contributed by atoms with van der Waals surface area (Å²) in [5, 5.41) is 14.0. The fraction of sp³-hybridized carbons (Fsp3) is 0.0833. The van der Waals surface area contributed by atoms with Crippen LogP contribution in [0.25, 0.3) is 11.3 Å². The zero-order valence-electron chi connectivity index (χ0n) is 19.3. The van der Waals surface area contributed by atoms with Gasteiger partial charge in [-0.3, -0.25) is 14.0 Å². The molecule has 0 aliphatic heterocycles. The highest BCUT2D eigenvalue weighted by molar-refractivity contribution is 6.31. The van der Waals surface area contributed by atoms with Gasteiger partial charge in [-0.05, 0) is 49.4 Å². The zero-order chi connectivity index (χ0) is 27.0. The molecule has 5 aromatic rings. The van der Waals surface area contributed by atoms with Crippen molar-refractivity contribution in [3.05, 3.63) is 99.4 Å². The van der Waals surface area contributed by atoms with Gasteiger partial charge in [-0.15, -0.1) is 10.2 Å². The van der Waals surface area contributed by atoms with E-state index < -0.39 is 33.8 Å². The number of rotatable bonds is 5. The number of amides is 1. The molecule has 0 atom stereocenters. The average Bonchev–Trinajstić information content (AvgIpc) is 3.27. The summed E-state index contributed by atoms with van der Waals surface area (Å²) in [7, 11) is 0. The van der Waals surface area contributed by atoms with E-state index in [0.29, 0.717) is 22.9 Å². The molecule has 0 aliphatic rings. The van der Waals surface area contributed by atoms with Crippen LogP contribution in [0.1, 0.15) is 21.9 Å². The first-order valence-corrected chi connectivity index (χ1v) is 11.2. The van der Waals surface area contributed by atoms with E-state index >= 15 is 0 Å². The van der Waals surface area contributed by atoms with Crippen molar-refractivity contribution in [2.24, 2.45) is 0 Å². The Balaban J connectivity index is 1.35. The van der Waals surface area contributed by atoms with Crippen molar-refractivity contribution in [3.63, 3.8) is 0 Å². The maximum Gasteiger partial charge on any atom is 0.417 e. The predicted octanol–water partition coefficient (Wildman–Crippen LogP) is 4.70. The zero-order valence-corrected chi connectivity index (χ0v) is 20.0. The number of hydrogen-bond acceptors (Lipinski definition) is 7. The standard InChI is InChI=1S/C24H15ClF3N7O3/c1-13-31-32-21-23(29-9-11-34(13)21)38-16-5-2-14(3-6-16)30-22(37)20-19(36)8-10-35(33-20)15-4-7-18(25)17(12-15)24(26,27)28/h2-12H,1H3,(H,30,37). The van der Waals surface area contributed by atoms with E-state index in [-0.39, 0.29) is 11.6 Å². The van der Waals surface area contributed by atoms with Crippen LogP contribution in [0.15, 0.2) is 71.9 Å². The van der Waals surface area contributed by atoms with Crippen molar-refractivity contribution >= 4 is 28.8 Å². The van der Waals surface area contributed by atoms with Crippen molar-refractivity contribution in [3.8, 4) is 17.3 Å². The number of fused-ring (bicyclic) bond motifs is 1. The molecule has 0 saturated carbocycles. The van der Waals surface area contributed by atoms with Gasteiger partial charge >= 0.3 is 6.18 Å². The van der Waals surface area contributed by atoms with Crippen molar-refractivity contribution in [1.82, 2.24) is 29.4 Å². The third-order valence-corrected chi connectivity index (χ3v) is 5.66. The normalized spacial score (nSPS) is 11.5. The molecule has 0 saturated heterocycles. The molecular weight excluding hydrogens is 527 g/mol. The summed E-state index contributed by atoms with van der Waals surface area (Å²) in [5.41, 5.74) is -1.60. The highest BCUT2D eigenvalue weighted by Gasteiger charge is 2.33. The maximum atomic E-state index is 13.2. The van der Waals surface area contributed by atoms with Crippen LogP contribution in [-0.2, 0) is 6.18 Å². The molecule has 0 bridgehead atoms. The van der Waals surface area contributed by atoms with Crippen LogP contribution in [0.5, 0.6) is 11.6 Å². The van der Waals surface area contributed by atoms with E-state index in [1.54, 1.807) is 35.9 Å². The molecule has 0 radical (unpaired) electrons. The van der Waals surface area contributed by atoms with Gasteiger partial charge in [0, 0.05) is 30.3 Å². The van der Waals surface area contributed by atoms with E-state index in [9.17, 15) is 22.8 Å². The van der Waals surface area contributed by atoms with Gasteiger partial charge in [0.25, 0.3) is 11.8 Å². The van der Waals surface area contributed by atoms with E-state index in [0.717, 1.165) is 29.1 Å². The van der Waals surface area contributed by atoms with E-state index in [2.05, 4.69) is 25.6 Å². The number of aryl methyl sites for hydroxylation is 1. The first-order valence-electron chi connectivity index (χ1n) is 10.8. The van der Waals surface area contributed by atoms with Gasteiger partial charge in [-0.1, -0.05) is 11.6 Å². The van der Waals surface area contributed by atoms with E-state index in [1.165, 1.54) is 18.2 Å². The van der Waals surface area contributed by atoms with Crippen LogP contribution in [0.2, 0.25) is 5.02 Å². The summed E-state index contributed by atoms with van der Waals surface area (Å²) in [6, 6.07) is 10.3. The van der Waals surface area contributed by atoms with Gasteiger partial charge in [0.2, 0.25) is 11.1 Å². The number of nitrogens with one attached hydrogen (secondary N) is 1. The molecule has 0 fully saturated rings. The minimum atomic E-state index is -4.70. The summed E-state index contributed by atoms with van der Waals surface area (Å²) < 4.78 is 48.2. The summed E-state index contributed by atoms with van der Waals surface area (Å²) in [6.45, 7) is 1.78. The third-order valence-electron chi connectivity index (χ3n) is 5.33. The molecule has 0 unspecified atom stereocenters. The lowest BCUT2D eigenvalue weighted by Gasteiger charge is -2.13. The number of anilines is 1. The smallest absolute Gasteiger partial charge is 0.417 e. The fourth-order valence-corrected chi connectivity index (χ4v) is 3.71. The van der Waals surface area contributed by atoms with Gasteiger partial charge in [0.1, 0.15) is 11.6 Å². The monoisotopic (exact) mass is 541 g/mol. The molecule has 5 rings (SSSR count).